The molecule has 3 aromatic rings. The van der Waals surface area contributed by atoms with E-state index in [-0.39, 0.29) is 5.69 Å². The number of fused-ring (bicyclic) bond motifs is 1. The first kappa shape index (κ1) is 15.2. The van der Waals surface area contributed by atoms with Crippen LogP contribution in [-0.4, -0.2) is 17.1 Å². The Morgan fingerprint density at radius 1 is 1.14 bits per heavy atom. The van der Waals surface area contributed by atoms with Crippen LogP contribution >= 0.6 is 31.9 Å². The maximum absolute atomic E-state index is 11.3. The largest absolute Gasteiger partial charge is 0.495 e. The SMILES string of the molecule is COc1c(Br)cc(Br)cc1CNc1ccc2[nH]c(=O)[nH]c2c1. The van der Waals surface area contributed by atoms with Gasteiger partial charge in [0.15, 0.2) is 0 Å². The van der Waals surface area contributed by atoms with Crippen molar-refractivity contribution in [2.24, 2.45) is 0 Å². The number of imidazole rings is 1. The lowest BCUT2D eigenvalue weighted by Gasteiger charge is -2.13. The molecule has 1 heterocycles. The van der Waals surface area contributed by atoms with Crippen LogP contribution in [0.25, 0.3) is 11.0 Å². The van der Waals surface area contributed by atoms with Crippen LogP contribution in [-0.2, 0) is 6.54 Å². The van der Waals surface area contributed by atoms with Crippen LogP contribution in [0.5, 0.6) is 5.75 Å². The van der Waals surface area contributed by atoms with E-state index in [1.165, 1.54) is 0 Å². The summed E-state index contributed by atoms with van der Waals surface area (Å²) >= 11 is 6.97. The molecule has 0 saturated heterocycles. The van der Waals surface area contributed by atoms with Crippen LogP contribution in [0.15, 0.2) is 44.1 Å². The van der Waals surface area contributed by atoms with Crippen molar-refractivity contribution in [1.29, 1.82) is 0 Å². The number of ether oxygens (including phenoxy) is 1. The summed E-state index contributed by atoms with van der Waals surface area (Å²) in [6.45, 7) is 0.599. The van der Waals surface area contributed by atoms with Gasteiger partial charge in [0.1, 0.15) is 5.75 Å². The molecule has 2 aromatic carbocycles. The molecule has 5 nitrogen and oxygen atoms in total. The van der Waals surface area contributed by atoms with E-state index in [1.54, 1.807) is 7.11 Å². The van der Waals surface area contributed by atoms with Gasteiger partial charge in [0.05, 0.1) is 22.6 Å². The molecule has 3 rings (SSSR count). The van der Waals surface area contributed by atoms with Crippen LogP contribution in [0.3, 0.4) is 0 Å². The Morgan fingerprint density at radius 2 is 1.91 bits per heavy atom. The first-order chi connectivity index (χ1) is 10.6. The molecule has 0 aliphatic rings. The van der Waals surface area contributed by atoms with E-state index in [0.717, 1.165) is 37.0 Å². The van der Waals surface area contributed by atoms with Crippen molar-refractivity contribution in [1.82, 2.24) is 9.97 Å². The number of benzene rings is 2. The molecule has 0 aliphatic carbocycles. The van der Waals surface area contributed by atoms with Gasteiger partial charge < -0.3 is 20.0 Å². The molecule has 0 fully saturated rings. The van der Waals surface area contributed by atoms with Crippen molar-refractivity contribution in [2.75, 3.05) is 12.4 Å². The minimum Gasteiger partial charge on any atom is -0.495 e. The van der Waals surface area contributed by atoms with Gasteiger partial charge in [0, 0.05) is 22.3 Å². The Bertz CT molecular complexity index is 886. The molecule has 114 valence electrons. The minimum atomic E-state index is -0.204. The van der Waals surface area contributed by atoms with Crippen LogP contribution in [0.4, 0.5) is 5.69 Å². The lowest BCUT2D eigenvalue weighted by molar-refractivity contribution is 0.407. The fraction of sp³-hybridized carbons (Fsp3) is 0.133. The zero-order valence-corrected chi connectivity index (χ0v) is 14.8. The van der Waals surface area contributed by atoms with Crippen LogP contribution in [0, 0.1) is 0 Å². The quantitative estimate of drug-likeness (QED) is 0.590. The van der Waals surface area contributed by atoms with E-state index in [1.807, 2.05) is 30.3 Å². The van der Waals surface area contributed by atoms with Gasteiger partial charge >= 0.3 is 5.69 Å². The van der Waals surface area contributed by atoms with Gasteiger partial charge in [-0.2, -0.15) is 0 Å². The topological polar surface area (TPSA) is 69.9 Å². The van der Waals surface area contributed by atoms with E-state index < -0.39 is 0 Å². The average molecular weight is 427 g/mol. The first-order valence-electron chi connectivity index (χ1n) is 6.54. The number of nitrogens with one attached hydrogen (secondary N) is 3. The summed E-state index contributed by atoms with van der Waals surface area (Å²) in [6.07, 6.45) is 0. The summed E-state index contributed by atoms with van der Waals surface area (Å²) in [7, 11) is 1.65. The highest BCUT2D eigenvalue weighted by atomic mass is 79.9. The predicted octanol–water partition coefficient (Wildman–Crippen LogP) is 4.00. The van der Waals surface area contributed by atoms with E-state index in [2.05, 4.69) is 47.1 Å². The molecule has 0 unspecified atom stereocenters. The standard InChI is InChI=1S/C15H13Br2N3O2/c1-22-14-8(4-9(16)5-11(14)17)7-18-10-2-3-12-13(6-10)20-15(21)19-12/h2-6,18H,7H2,1H3,(H2,19,20,21). The fourth-order valence-electron chi connectivity index (χ4n) is 2.31. The zero-order chi connectivity index (χ0) is 15.7. The summed E-state index contributed by atoms with van der Waals surface area (Å²) in [5, 5.41) is 3.33. The number of hydrogen-bond donors (Lipinski definition) is 3. The van der Waals surface area contributed by atoms with Gasteiger partial charge in [-0.25, -0.2) is 4.79 Å². The molecular weight excluding hydrogens is 414 g/mol. The number of rotatable bonds is 4. The highest BCUT2D eigenvalue weighted by Crippen LogP contribution is 2.33. The van der Waals surface area contributed by atoms with E-state index in [4.69, 9.17) is 4.74 Å². The van der Waals surface area contributed by atoms with Crippen molar-refractivity contribution in [3.05, 3.63) is 55.3 Å². The van der Waals surface area contributed by atoms with Gasteiger partial charge in [-0.3, -0.25) is 0 Å². The third-order valence-electron chi connectivity index (χ3n) is 3.29. The molecule has 0 amide bonds. The highest BCUT2D eigenvalue weighted by molar-refractivity contribution is 9.11. The molecule has 0 aliphatic heterocycles. The Morgan fingerprint density at radius 3 is 2.68 bits per heavy atom. The van der Waals surface area contributed by atoms with Crippen molar-refractivity contribution >= 4 is 48.6 Å². The highest BCUT2D eigenvalue weighted by Gasteiger charge is 2.09. The van der Waals surface area contributed by atoms with Crippen LogP contribution in [0.2, 0.25) is 0 Å². The summed E-state index contributed by atoms with van der Waals surface area (Å²) < 4.78 is 7.30. The minimum absolute atomic E-state index is 0.204. The summed E-state index contributed by atoms with van der Waals surface area (Å²) in [5.74, 6) is 0.798. The Hall–Kier alpha value is -1.73. The summed E-state index contributed by atoms with van der Waals surface area (Å²) in [4.78, 5) is 16.7. The molecule has 0 bridgehead atoms. The van der Waals surface area contributed by atoms with Gasteiger partial charge in [-0.1, -0.05) is 15.9 Å². The maximum Gasteiger partial charge on any atom is 0.323 e. The van der Waals surface area contributed by atoms with E-state index in [0.29, 0.717) is 6.54 Å². The zero-order valence-electron chi connectivity index (χ0n) is 11.7. The lowest BCUT2D eigenvalue weighted by atomic mass is 10.2. The van der Waals surface area contributed by atoms with Crippen molar-refractivity contribution < 1.29 is 4.74 Å². The molecule has 1 aromatic heterocycles. The molecule has 7 heteroatoms. The van der Waals surface area contributed by atoms with Crippen molar-refractivity contribution in [3.63, 3.8) is 0 Å². The van der Waals surface area contributed by atoms with Crippen LogP contribution < -0.4 is 15.7 Å². The molecular formula is C15H13Br2N3O2. The Balaban J connectivity index is 1.85. The van der Waals surface area contributed by atoms with Crippen molar-refractivity contribution in [3.8, 4) is 5.75 Å². The number of aromatic amines is 2. The van der Waals surface area contributed by atoms with Gasteiger partial charge in [-0.05, 0) is 46.3 Å². The number of aromatic nitrogens is 2. The van der Waals surface area contributed by atoms with Crippen molar-refractivity contribution in [2.45, 2.75) is 6.54 Å². The second-order valence-corrected chi connectivity index (χ2v) is 6.54. The molecule has 0 atom stereocenters. The van der Waals surface area contributed by atoms with Gasteiger partial charge in [0.2, 0.25) is 0 Å². The first-order valence-corrected chi connectivity index (χ1v) is 8.13. The third kappa shape index (κ3) is 3.05. The van der Waals surface area contributed by atoms with E-state index >= 15 is 0 Å². The number of halogens is 2. The lowest BCUT2D eigenvalue weighted by Crippen LogP contribution is -2.02. The smallest absolute Gasteiger partial charge is 0.323 e. The van der Waals surface area contributed by atoms with Gasteiger partial charge in [0.25, 0.3) is 0 Å². The normalized spacial score (nSPS) is 10.9. The monoisotopic (exact) mass is 425 g/mol. The number of hydrogen-bond acceptors (Lipinski definition) is 3. The number of methoxy groups -OCH3 is 1. The maximum atomic E-state index is 11.3. The Labute approximate surface area is 143 Å². The molecule has 0 saturated carbocycles. The fourth-order valence-corrected chi connectivity index (χ4v) is 3.79. The second kappa shape index (κ2) is 6.18. The predicted molar refractivity (Wildman–Crippen MR) is 94.6 cm³/mol. The average Bonchev–Trinajstić information content (AvgIpc) is 2.83. The molecule has 0 spiro atoms. The van der Waals surface area contributed by atoms with Gasteiger partial charge in [-0.15, -0.1) is 0 Å². The number of H-pyrrole nitrogens is 2. The third-order valence-corrected chi connectivity index (χ3v) is 4.34. The molecule has 0 radical (unpaired) electrons. The molecule has 22 heavy (non-hydrogen) atoms. The number of anilines is 1. The second-order valence-electron chi connectivity index (χ2n) is 4.77. The van der Waals surface area contributed by atoms with E-state index in [9.17, 15) is 4.79 Å². The summed E-state index contributed by atoms with van der Waals surface area (Å²) in [6, 6.07) is 9.63. The van der Waals surface area contributed by atoms with Crippen LogP contribution in [0.1, 0.15) is 5.56 Å². The molecule has 3 N–H and O–H groups in total. The summed E-state index contributed by atoms with van der Waals surface area (Å²) in [5.41, 5.74) is 3.30. The Kier molecular flexibility index (Phi) is 4.26.